The van der Waals surface area contributed by atoms with Gasteiger partial charge in [-0.2, -0.15) is 10.1 Å². The summed E-state index contributed by atoms with van der Waals surface area (Å²) < 4.78 is 4.87. The summed E-state index contributed by atoms with van der Waals surface area (Å²) in [5.74, 6) is -0.273. The van der Waals surface area contributed by atoms with E-state index in [0.717, 1.165) is 21.6 Å². The summed E-state index contributed by atoms with van der Waals surface area (Å²) in [5.41, 5.74) is 5.78. The van der Waals surface area contributed by atoms with Gasteiger partial charge in [-0.15, -0.1) is 0 Å². The Morgan fingerprint density at radius 1 is 1.07 bits per heavy atom. The van der Waals surface area contributed by atoms with E-state index in [4.69, 9.17) is 0 Å². The molecule has 1 amide bonds. The molecule has 0 bridgehead atoms. The molecule has 27 heavy (non-hydrogen) atoms. The lowest BCUT2D eigenvalue weighted by Gasteiger charge is -2.03. The number of aryl methyl sites for hydroxylation is 3. The zero-order valence-corrected chi connectivity index (χ0v) is 16.5. The van der Waals surface area contributed by atoms with E-state index < -0.39 is 0 Å². The van der Waals surface area contributed by atoms with Crippen molar-refractivity contribution >= 4 is 27.5 Å². The smallest absolute Gasteiger partial charge is 0.283 e. The molecule has 0 saturated carbocycles. The quantitative estimate of drug-likeness (QED) is 0.529. The zero-order chi connectivity index (χ0) is 19.1. The van der Waals surface area contributed by atoms with Crippen LogP contribution in [0.25, 0.3) is 15.9 Å². The van der Waals surface area contributed by atoms with Crippen LogP contribution in [0.2, 0.25) is 0 Å². The van der Waals surface area contributed by atoms with Gasteiger partial charge in [-0.25, -0.2) is 4.68 Å². The Morgan fingerprint density at radius 2 is 1.78 bits per heavy atom. The van der Waals surface area contributed by atoms with Crippen molar-refractivity contribution < 1.29 is 4.79 Å². The van der Waals surface area contributed by atoms with E-state index in [1.165, 1.54) is 22.5 Å². The first kappa shape index (κ1) is 17.4. The molecule has 4 aromatic rings. The van der Waals surface area contributed by atoms with Crippen molar-refractivity contribution in [2.45, 2.75) is 20.8 Å². The molecule has 2 heterocycles. The summed E-state index contributed by atoms with van der Waals surface area (Å²) in [6.07, 6.45) is 1.59. The lowest BCUT2D eigenvalue weighted by Crippen LogP contribution is -2.13. The number of carbonyl (C=O) groups excluding carboxylic acids is 1. The van der Waals surface area contributed by atoms with Crippen LogP contribution >= 0.6 is 11.3 Å². The number of benzene rings is 2. The minimum atomic E-state index is -0.273. The topological polar surface area (TPSA) is 52.2 Å². The highest BCUT2D eigenvalue weighted by molar-refractivity contribution is 7.16. The number of carbonyl (C=O) groups is 1. The fraction of sp³-hybridized carbons (Fsp3) is 0.190. The van der Waals surface area contributed by atoms with Gasteiger partial charge in [0, 0.05) is 7.05 Å². The highest BCUT2D eigenvalue weighted by Gasteiger charge is 2.15. The van der Waals surface area contributed by atoms with Crippen LogP contribution < -0.4 is 4.80 Å². The van der Waals surface area contributed by atoms with E-state index in [-0.39, 0.29) is 5.91 Å². The number of rotatable bonds is 2. The van der Waals surface area contributed by atoms with E-state index in [9.17, 15) is 4.79 Å². The predicted octanol–water partition coefficient (Wildman–Crippen LogP) is 4.09. The van der Waals surface area contributed by atoms with E-state index >= 15 is 0 Å². The van der Waals surface area contributed by atoms with Gasteiger partial charge in [-0.3, -0.25) is 4.79 Å². The van der Waals surface area contributed by atoms with Crippen LogP contribution in [0.3, 0.4) is 0 Å². The summed E-state index contributed by atoms with van der Waals surface area (Å²) >= 11 is 1.53. The molecule has 4 rings (SSSR count). The van der Waals surface area contributed by atoms with Gasteiger partial charge < -0.3 is 4.57 Å². The molecule has 0 aliphatic heterocycles. The number of aromatic nitrogens is 3. The first-order valence-corrected chi connectivity index (χ1v) is 9.53. The zero-order valence-electron chi connectivity index (χ0n) is 15.7. The number of hydrogen-bond donors (Lipinski definition) is 0. The van der Waals surface area contributed by atoms with Crippen molar-refractivity contribution in [2.75, 3.05) is 0 Å². The summed E-state index contributed by atoms with van der Waals surface area (Å²) in [4.78, 5) is 17.9. The van der Waals surface area contributed by atoms with E-state index in [1.807, 2.05) is 48.9 Å². The van der Waals surface area contributed by atoms with Gasteiger partial charge in [0.2, 0.25) is 0 Å². The molecule has 0 saturated heterocycles. The van der Waals surface area contributed by atoms with Crippen molar-refractivity contribution in [1.82, 2.24) is 14.3 Å². The average Bonchev–Trinajstić information content (AvgIpc) is 3.17. The molecule has 0 spiro atoms. The van der Waals surface area contributed by atoms with Gasteiger partial charge in [-0.1, -0.05) is 29.5 Å². The van der Waals surface area contributed by atoms with Crippen molar-refractivity contribution in [1.29, 1.82) is 0 Å². The Bertz CT molecular complexity index is 1230. The molecule has 0 unspecified atom stereocenters. The lowest BCUT2D eigenvalue weighted by atomic mass is 10.1. The molecule has 0 aliphatic rings. The molecule has 5 nitrogen and oxygen atoms in total. The van der Waals surface area contributed by atoms with Crippen LogP contribution in [0.4, 0.5) is 0 Å². The Kier molecular flexibility index (Phi) is 4.28. The van der Waals surface area contributed by atoms with Crippen molar-refractivity contribution in [2.24, 2.45) is 12.0 Å². The van der Waals surface area contributed by atoms with Crippen LogP contribution in [-0.2, 0) is 7.05 Å². The van der Waals surface area contributed by atoms with Gasteiger partial charge in [0.25, 0.3) is 5.91 Å². The summed E-state index contributed by atoms with van der Waals surface area (Å²) in [6.45, 7) is 6.08. The maximum atomic E-state index is 12.8. The van der Waals surface area contributed by atoms with Crippen molar-refractivity contribution in [3.63, 3.8) is 0 Å². The molecule has 2 aromatic heterocycles. The van der Waals surface area contributed by atoms with Gasteiger partial charge in [0.05, 0.1) is 33.4 Å². The van der Waals surface area contributed by atoms with Gasteiger partial charge in [0.15, 0.2) is 4.80 Å². The molecule has 2 aromatic carbocycles. The van der Waals surface area contributed by atoms with Gasteiger partial charge >= 0.3 is 0 Å². The minimum Gasteiger partial charge on any atom is -0.319 e. The van der Waals surface area contributed by atoms with Crippen LogP contribution in [0.1, 0.15) is 27.2 Å². The number of thiazole rings is 1. The highest BCUT2D eigenvalue weighted by atomic mass is 32.1. The van der Waals surface area contributed by atoms with Crippen LogP contribution in [0.5, 0.6) is 0 Å². The second-order valence-electron chi connectivity index (χ2n) is 6.66. The first-order chi connectivity index (χ1) is 13.0. The molecule has 0 atom stereocenters. The summed E-state index contributed by atoms with van der Waals surface area (Å²) in [5, 5.41) is 4.37. The maximum absolute atomic E-state index is 12.8. The van der Waals surface area contributed by atoms with Crippen molar-refractivity contribution in [3.8, 4) is 5.69 Å². The normalized spacial score (nSPS) is 12.1. The fourth-order valence-corrected chi connectivity index (χ4v) is 4.18. The maximum Gasteiger partial charge on any atom is 0.283 e. The average molecular weight is 376 g/mol. The Labute approximate surface area is 161 Å². The Morgan fingerprint density at radius 3 is 2.52 bits per heavy atom. The summed E-state index contributed by atoms with van der Waals surface area (Å²) in [6, 6.07) is 14.1. The fourth-order valence-electron chi connectivity index (χ4n) is 3.08. The molecule has 0 radical (unpaired) electrons. The molecule has 0 aliphatic carbocycles. The molecule has 136 valence electrons. The summed E-state index contributed by atoms with van der Waals surface area (Å²) in [7, 11) is 1.94. The Balaban J connectivity index is 1.78. The number of amides is 1. The number of para-hydroxylation sites is 1. The first-order valence-electron chi connectivity index (χ1n) is 8.71. The second kappa shape index (κ2) is 6.63. The van der Waals surface area contributed by atoms with E-state index in [1.54, 1.807) is 10.9 Å². The van der Waals surface area contributed by atoms with Crippen LogP contribution in [-0.4, -0.2) is 20.3 Å². The number of hydrogen-bond acceptors (Lipinski definition) is 3. The minimum absolute atomic E-state index is 0.273. The largest absolute Gasteiger partial charge is 0.319 e. The monoisotopic (exact) mass is 376 g/mol. The third-order valence-corrected chi connectivity index (χ3v) is 5.96. The molecule has 6 heteroatoms. The molecule has 0 fully saturated rings. The van der Waals surface area contributed by atoms with Crippen LogP contribution in [0, 0.1) is 20.8 Å². The van der Waals surface area contributed by atoms with E-state index in [2.05, 4.69) is 36.1 Å². The third-order valence-electron chi connectivity index (χ3n) is 4.86. The number of fused-ring (bicyclic) bond motifs is 1. The van der Waals surface area contributed by atoms with Crippen molar-refractivity contribution in [3.05, 3.63) is 75.8 Å². The Hall–Kier alpha value is -2.99. The predicted molar refractivity (Wildman–Crippen MR) is 108 cm³/mol. The van der Waals surface area contributed by atoms with Crippen LogP contribution in [0.15, 0.2) is 53.7 Å². The third kappa shape index (κ3) is 3.02. The van der Waals surface area contributed by atoms with E-state index in [0.29, 0.717) is 10.4 Å². The molecular formula is C21H20N4OS. The number of nitrogens with zero attached hydrogens (tertiary/aromatic N) is 4. The standard InChI is InChI=1S/C21H20N4OS/c1-13-10-18-19(11-14(13)2)27-21(24(18)4)23-20(26)17-12-22-25(15(17)3)16-8-6-5-7-9-16/h5-12H,1-4H3. The molecular weight excluding hydrogens is 356 g/mol. The highest BCUT2D eigenvalue weighted by Crippen LogP contribution is 2.21. The second-order valence-corrected chi connectivity index (χ2v) is 7.66. The van der Waals surface area contributed by atoms with Gasteiger partial charge in [-0.05, 0) is 56.2 Å². The molecule has 0 N–H and O–H groups in total. The SMILES string of the molecule is Cc1cc2sc(=NC(=O)c3cnn(-c4ccccc4)c3C)n(C)c2cc1C. The lowest BCUT2D eigenvalue weighted by molar-refractivity contribution is 0.0997. The van der Waals surface area contributed by atoms with Gasteiger partial charge in [0.1, 0.15) is 0 Å².